The maximum absolute atomic E-state index is 13.3. The van der Waals surface area contributed by atoms with E-state index in [1.165, 1.54) is 11.8 Å². The number of likely N-dealkylation sites (N-methyl/N-ethyl adjacent to an activating group) is 1. The maximum Gasteiger partial charge on any atom is 0.410 e. The van der Waals surface area contributed by atoms with E-state index in [1.54, 1.807) is 56.0 Å². The number of nitrogens with one attached hydrogen (secondary N) is 2. The molecule has 1 aromatic rings. The summed E-state index contributed by atoms with van der Waals surface area (Å²) in [6, 6.07) is 6.34. The Bertz CT molecular complexity index is 1230. The Hall–Kier alpha value is -3.78. The van der Waals surface area contributed by atoms with Gasteiger partial charge in [0, 0.05) is 37.5 Å². The number of thioether (sulfide) groups is 1. The first-order valence-electron chi connectivity index (χ1n) is 13.2. The number of piperazine rings is 1. The molecule has 14 heteroatoms. The lowest BCUT2D eigenvalue weighted by atomic mass is 10.0. The highest BCUT2D eigenvalue weighted by Gasteiger charge is 2.54. The van der Waals surface area contributed by atoms with Crippen LogP contribution in [0.5, 0.6) is 0 Å². The van der Waals surface area contributed by atoms with E-state index in [-0.39, 0.29) is 18.1 Å². The highest BCUT2D eigenvalue weighted by molar-refractivity contribution is 8.00. The molecule has 1 aromatic carbocycles. The van der Waals surface area contributed by atoms with Crippen LogP contribution in [-0.2, 0) is 23.9 Å². The van der Waals surface area contributed by atoms with Crippen LogP contribution in [0.15, 0.2) is 41.6 Å². The molecule has 0 spiro atoms. The molecule has 0 aliphatic carbocycles. The van der Waals surface area contributed by atoms with Gasteiger partial charge in [0.15, 0.2) is 0 Å². The van der Waals surface area contributed by atoms with Crippen LogP contribution in [0.4, 0.5) is 9.59 Å². The van der Waals surface area contributed by atoms with Crippen LogP contribution in [-0.4, -0.2) is 112 Å². The third-order valence-electron chi connectivity index (χ3n) is 6.74. The van der Waals surface area contributed by atoms with Crippen molar-refractivity contribution in [3.05, 3.63) is 47.2 Å². The van der Waals surface area contributed by atoms with Gasteiger partial charge >= 0.3 is 18.2 Å². The molecule has 41 heavy (non-hydrogen) atoms. The highest BCUT2D eigenvalue weighted by Crippen LogP contribution is 2.40. The van der Waals surface area contributed by atoms with Gasteiger partial charge in [0.25, 0.3) is 5.91 Å². The smallest absolute Gasteiger partial charge is 0.410 e. The average Bonchev–Trinajstić information content (AvgIpc) is 2.92. The second-order valence-electron chi connectivity index (χ2n) is 11.0. The fraction of sp³-hybridized carbons (Fsp3) is 0.519. The standard InChI is InChI=1S/C27H35N5O8S/c1-27(2,3)40-25(37)29-18(16-8-6-5-7-9-16)21(33)28-19-22(34)32-20(24(35)36)17(15-41-23(19)32)14-39-26(38)31-12-10-30(4)11-13-31/h5-9,18-19,23H,10-15H2,1-4H3,(H,28,33)(H,29,37)(H,35,36)/t18-,19?,23-/m0/s1. The number of hydrogen-bond donors (Lipinski definition) is 3. The van der Waals surface area contributed by atoms with Gasteiger partial charge in [-0.1, -0.05) is 30.3 Å². The van der Waals surface area contributed by atoms with Crippen LogP contribution < -0.4 is 10.6 Å². The van der Waals surface area contributed by atoms with Crippen molar-refractivity contribution < 1.29 is 38.6 Å². The van der Waals surface area contributed by atoms with E-state index in [1.807, 2.05) is 7.05 Å². The normalized spacial score (nSPS) is 21.8. The van der Waals surface area contributed by atoms with Crippen molar-refractivity contribution in [3.63, 3.8) is 0 Å². The van der Waals surface area contributed by atoms with Gasteiger partial charge in [-0.15, -0.1) is 11.8 Å². The second kappa shape index (κ2) is 12.4. The van der Waals surface area contributed by atoms with E-state index in [4.69, 9.17) is 9.47 Å². The van der Waals surface area contributed by atoms with Gasteiger partial charge in [0.05, 0.1) is 0 Å². The summed E-state index contributed by atoms with van der Waals surface area (Å²) in [5, 5.41) is 14.5. The number of rotatable bonds is 7. The van der Waals surface area contributed by atoms with Crippen molar-refractivity contribution in [1.29, 1.82) is 0 Å². The Balaban J connectivity index is 1.43. The maximum atomic E-state index is 13.3. The number of nitrogens with zero attached hydrogens (tertiary/aromatic N) is 3. The number of alkyl carbamates (subject to hydrolysis) is 1. The number of aliphatic carboxylic acids is 1. The molecule has 2 fully saturated rings. The molecule has 0 aromatic heterocycles. The average molecular weight is 590 g/mol. The van der Waals surface area contributed by atoms with Gasteiger partial charge in [-0.2, -0.15) is 0 Å². The number of carboxylic acid groups (broad SMARTS) is 1. The molecule has 1 unspecified atom stereocenters. The lowest BCUT2D eigenvalue weighted by Crippen LogP contribution is -2.71. The van der Waals surface area contributed by atoms with Crippen LogP contribution in [0.2, 0.25) is 0 Å². The Kier molecular flexibility index (Phi) is 9.12. The summed E-state index contributed by atoms with van der Waals surface area (Å²) in [4.78, 5) is 68.4. The number of benzene rings is 1. The predicted octanol–water partition coefficient (Wildman–Crippen LogP) is 1.38. The van der Waals surface area contributed by atoms with Crippen LogP contribution in [0, 0.1) is 0 Å². The third-order valence-corrected chi connectivity index (χ3v) is 8.07. The van der Waals surface area contributed by atoms with Crippen molar-refractivity contribution in [1.82, 2.24) is 25.3 Å². The molecular formula is C27H35N5O8S. The zero-order valence-electron chi connectivity index (χ0n) is 23.4. The lowest BCUT2D eigenvalue weighted by Gasteiger charge is -2.49. The number of carbonyl (C=O) groups is 5. The van der Waals surface area contributed by atoms with Crippen LogP contribution in [0.25, 0.3) is 0 Å². The van der Waals surface area contributed by atoms with E-state index in [9.17, 15) is 29.1 Å². The number of amides is 4. The van der Waals surface area contributed by atoms with Crippen LogP contribution in [0.3, 0.4) is 0 Å². The SMILES string of the molecule is CN1CCN(C(=O)OCC2=C(C(=O)O)N3C(=O)C(NC(=O)[C@@H](NC(=O)OC(C)(C)C)c4ccccc4)[C@@H]3SC2)CC1. The summed E-state index contributed by atoms with van der Waals surface area (Å²) >= 11 is 1.26. The second-order valence-corrected chi connectivity index (χ2v) is 12.1. The summed E-state index contributed by atoms with van der Waals surface area (Å²) in [7, 11) is 1.96. The molecule has 4 rings (SSSR count). The Morgan fingerprint density at radius 1 is 1.10 bits per heavy atom. The van der Waals surface area contributed by atoms with Crippen molar-refractivity contribution in [2.45, 2.75) is 43.8 Å². The predicted molar refractivity (Wildman–Crippen MR) is 149 cm³/mol. The van der Waals surface area contributed by atoms with E-state index in [2.05, 4.69) is 15.5 Å². The first-order valence-corrected chi connectivity index (χ1v) is 14.3. The summed E-state index contributed by atoms with van der Waals surface area (Å²) in [6.45, 7) is 7.27. The molecule has 3 atom stereocenters. The monoisotopic (exact) mass is 589 g/mol. The van der Waals surface area contributed by atoms with Crippen LogP contribution in [0.1, 0.15) is 32.4 Å². The first kappa shape index (κ1) is 30.2. The molecule has 2 saturated heterocycles. The van der Waals surface area contributed by atoms with Gasteiger partial charge in [-0.25, -0.2) is 14.4 Å². The summed E-state index contributed by atoms with van der Waals surface area (Å²) in [6.07, 6.45) is -1.34. The third kappa shape index (κ3) is 7.11. The fourth-order valence-corrected chi connectivity index (χ4v) is 5.96. The Morgan fingerprint density at radius 2 is 1.76 bits per heavy atom. The molecule has 3 N–H and O–H groups in total. The number of carboxylic acids is 1. The van der Waals surface area contributed by atoms with Crippen LogP contribution >= 0.6 is 11.8 Å². The van der Waals surface area contributed by atoms with Crippen molar-refractivity contribution in [3.8, 4) is 0 Å². The molecule has 222 valence electrons. The van der Waals surface area contributed by atoms with Gasteiger partial charge in [0.1, 0.15) is 35.4 Å². The highest BCUT2D eigenvalue weighted by atomic mass is 32.2. The van der Waals surface area contributed by atoms with Crippen molar-refractivity contribution >= 4 is 41.7 Å². The molecule has 3 heterocycles. The van der Waals surface area contributed by atoms with Gasteiger partial charge in [0.2, 0.25) is 5.91 Å². The number of ether oxygens (including phenoxy) is 2. The molecule has 13 nitrogen and oxygen atoms in total. The minimum absolute atomic E-state index is 0.191. The number of fused-ring (bicyclic) bond motifs is 1. The van der Waals surface area contributed by atoms with Crippen molar-refractivity contribution in [2.75, 3.05) is 45.6 Å². The molecule has 3 aliphatic heterocycles. The minimum atomic E-state index is -1.33. The van der Waals surface area contributed by atoms with Crippen molar-refractivity contribution in [2.24, 2.45) is 0 Å². The summed E-state index contributed by atoms with van der Waals surface area (Å²) in [5.74, 6) is -2.39. The number of β-lactam (4-membered cyclic amide) rings is 1. The van der Waals surface area contributed by atoms with E-state index in [0.717, 1.165) is 4.90 Å². The number of hydrogen-bond acceptors (Lipinski definition) is 9. The molecule has 0 saturated carbocycles. The largest absolute Gasteiger partial charge is 0.477 e. The molecular weight excluding hydrogens is 554 g/mol. The van der Waals surface area contributed by atoms with E-state index < -0.39 is 53.0 Å². The zero-order valence-corrected chi connectivity index (χ0v) is 24.2. The van der Waals surface area contributed by atoms with E-state index in [0.29, 0.717) is 37.3 Å². The molecule has 3 aliphatic rings. The fourth-order valence-electron chi connectivity index (χ4n) is 4.63. The van der Waals surface area contributed by atoms with Gasteiger partial charge < -0.3 is 35.0 Å². The number of carbonyl (C=O) groups excluding carboxylic acids is 4. The molecule has 4 amide bonds. The quantitative estimate of drug-likeness (QED) is 0.397. The summed E-state index contributed by atoms with van der Waals surface area (Å²) < 4.78 is 10.7. The lowest BCUT2D eigenvalue weighted by molar-refractivity contribution is -0.151. The summed E-state index contributed by atoms with van der Waals surface area (Å²) in [5.41, 5.74) is -0.262. The Morgan fingerprint density at radius 3 is 2.37 bits per heavy atom. The van der Waals surface area contributed by atoms with Gasteiger partial charge in [-0.3, -0.25) is 14.5 Å². The Labute approximate surface area is 242 Å². The minimum Gasteiger partial charge on any atom is -0.477 e. The van der Waals surface area contributed by atoms with Gasteiger partial charge in [-0.05, 0) is 33.4 Å². The molecule has 0 radical (unpaired) electrons. The zero-order chi connectivity index (χ0) is 29.9. The topological polar surface area (TPSA) is 158 Å². The molecule has 0 bridgehead atoms. The van der Waals surface area contributed by atoms with E-state index >= 15 is 0 Å². The first-order chi connectivity index (χ1) is 19.4.